The van der Waals surface area contributed by atoms with Gasteiger partial charge in [0.25, 0.3) is 0 Å². The molecule has 0 aliphatic carbocycles. The Labute approximate surface area is 74.2 Å². The van der Waals surface area contributed by atoms with Crippen LogP contribution in [0.15, 0.2) is 0 Å². The summed E-state index contributed by atoms with van der Waals surface area (Å²) in [6.45, 7) is 7.78. The quantitative estimate of drug-likeness (QED) is 0.666. The number of rotatable bonds is 3. The first-order valence-electron chi connectivity index (χ1n) is 4.34. The summed E-state index contributed by atoms with van der Waals surface area (Å²) in [6.07, 6.45) is 0.251. The molecule has 72 valence electrons. The van der Waals surface area contributed by atoms with Crippen LogP contribution in [0, 0.1) is 5.41 Å². The van der Waals surface area contributed by atoms with Crippen molar-refractivity contribution in [1.29, 1.82) is 0 Å². The number of nitrogens with one attached hydrogen (secondary N) is 1. The summed E-state index contributed by atoms with van der Waals surface area (Å²) in [4.78, 5) is 11.3. The summed E-state index contributed by atoms with van der Waals surface area (Å²) in [5.74, 6) is -0.0185. The minimum absolute atomic E-state index is 0.0185. The molecule has 12 heavy (non-hydrogen) atoms. The van der Waals surface area contributed by atoms with Gasteiger partial charge >= 0.3 is 0 Å². The van der Waals surface area contributed by atoms with Crippen LogP contribution in [-0.2, 0) is 4.79 Å². The van der Waals surface area contributed by atoms with Crippen LogP contribution in [0.1, 0.15) is 34.1 Å². The Balaban J connectivity index is 3.73. The van der Waals surface area contributed by atoms with E-state index in [-0.39, 0.29) is 11.3 Å². The minimum atomic E-state index is -0.420. The standard InChI is InChI=1S/C9H19NO2/c1-5-7(11)6-10-8(12)9(2,3)4/h7,11H,5-6H2,1-4H3,(H,10,12). The van der Waals surface area contributed by atoms with Crippen LogP contribution in [0.2, 0.25) is 0 Å². The highest BCUT2D eigenvalue weighted by Crippen LogP contribution is 2.12. The largest absolute Gasteiger partial charge is 0.391 e. The van der Waals surface area contributed by atoms with Gasteiger partial charge < -0.3 is 10.4 Å². The van der Waals surface area contributed by atoms with E-state index in [0.29, 0.717) is 13.0 Å². The van der Waals surface area contributed by atoms with Crippen LogP contribution in [0.25, 0.3) is 0 Å². The van der Waals surface area contributed by atoms with E-state index in [1.54, 1.807) is 0 Å². The third kappa shape index (κ3) is 4.34. The Morgan fingerprint density at radius 3 is 2.33 bits per heavy atom. The van der Waals surface area contributed by atoms with Gasteiger partial charge in [-0.15, -0.1) is 0 Å². The summed E-state index contributed by atoms with van der Waals surface area (Å²) in [5.41, 5.74) is -0.368. The van der Waals surface area contributed by atoms with Crippen LogP contribution in [-0.4, -0.2) is 23.7 Å². The molecule has 3 nitrogen and oxygen atoms in total. The minimum Gasteiger partial charge on any atom is -0.391 e. The predicted molar refractivity (Wildman–Crippen MR) is 48.8 cm³/mol. The molecule has 0 aliphatic heterocycles. The number of hydrogen-bond acceptors (Lipinski definition) is 2. The lowest BCUT2D eigenvalue weighted by Crippen LogP contribution is -2.39. The van der Waals surface area contributed by atoms with E-state index in [4.69, 9.17) is 5.11 Å². The van der Waals surface area contributed by atoms with Crippen LogP contribution in [0.5, 0.6) is 0 Å². The van der Waals surface area contributed by atoms with Gasteiger partial charge in [-0.1, -0.05) is 27.7 Å². The van der Waals surface area contributed by atoms with Crippen molar-refractivity contribution in [2.24, 2.45) is 5.41 Å². The molecular formula is C9H19NO2. The zero-order valence-electron chi connectivity index (χ0n) is 8.35. The average molecular weight is 173 g/mol. The maximum atomic E-state index is 11.3. The zero-order chi connectivity index (χ0) is 9.78. The second-order valence-corrected chi connectivity index (χ2v) is 4.02. The highest BCUT2D eigenvalue weighted by atomic mass is 16.3. The average Bonchev–Trinajstić information content (AvgIpc) is 1.97. The van der Waals surface area contributed by atoms with Crippen LogP contribution >= 0.6 is 0 Å². The fourth-order valence-corrected chi connectivity index (χ4v) is 0.620. The van der Waals surface area contributed by atoms with Crippen LogP contribution in [0.4, 0.5) is 0 Å². The maximum absolute atomic E-state index is 11.3. The SMILES string of the molecule is CCC(O)CNC(=O)C(C)(C)C. The number of hydrogen-bond donors (Lipinski definition) is 2. The molecule has 0 rings (SSSR count). The van der Waals surface area contributed by atoms with Gasteiger partial charge in [-0.3, -0.25) is 4.79 Å². The molecule has 3 heteroatoms. The number of aliphatic hydroxyl groups excluding tert-OH is 1. The second kappa shape index (κ2) is 4.45. The van der Waals surface area contributed by atoms with Gasteiger partial charge in [-0.2, -0.15) is 0 Å². The van der Waals surface area contributed by atoms with Crippen molar-refractivity contribution in [3.63, 3.8) is 0 Å². The lowest BCUT2D eigenvalue weighted by atomic mass is 9.95. The first kappa shape index (κ1) is 11.4. The van der Waals surface area contributed by atoms with Crippen molar-refractivity contribution in [3.8, 4) is 0 Å². The first-order valence-corrected chi connectivity index (χ1v) is 4.34. The van der Waals surface area contributed by atoms with Crippen LogP contribution < -0.4 is 5.32 Å². The number of carbonyl (C=O) groups excluding carboxylic acids is 1. The fourth-order valence-electron chi connectivity index (χ4n) is 0.620. The fraction of sp³-hybridized carbons (Fsp3) is 0.889. The van der Waals surface area contributed by atoms with Crippen molar-refractivity contribution < 1.29 is 9.90 Å². The van der Waals surface area contributed by atoms with E-state index < -0.39 is 6.10 Å². The Morgan fingerprint density at radius 1 is 1.50 bits per heavy atom. The molecule has 2 N–H and O–H groups in total. The Bertz CT molecular complexity index is 149. The Hall–Kier alpha value is -0.570. The summed E-state index contributed by atoms with van der Waals surface area (Å²) in [7, 11) is 0. The molecule has 0 radical (unpaired) electrons. The summed E-state index contributed by atoms with van der Waals surface area (Å²) < 4.78 is 0. The van der Waals surface area contributed by atoms with E-state index in [1.165, 1.54) is 0 Å². The first-order chi connectivity index (χ1) is 5.38. The molecule has 0 aromatic carbocycles. The lowest BCUT2D eigenvalue weighted by Gasteiger charge is -2.18. The summed E-state index contributed by atoms with van der Waals surface area (Å²) in [5, 5.41) is 11.8. The molecule has 0 spiro atoms. The highest BCUT2D eigenvalue weighted by molar-refractivity contribution is 5.81. The summed E-state index contributed by atoms with van der Waals surface area (Å²) in [6, 6.07) is 0. The molecule has 0 fully saturated rings. The molecule has 0 saturated heterocycles. The second-order valence-electron chi connectivity index (χ2n) is 4.02. The monoisotopic (exact) mass is 173 g/mol. The number of aliphatic hydroxyl groups is 1. The van der Waals surface area contributed by atoms with E-state index in [2.05, 4.69) is 5.32 Å². The third-order valence-electron chi connectivity index (χ3n) is 1.65. The normalized spacial score (nSPS) is 14.1. The number of carbonyl (C=O) groups is 1. The van der Waals surface area contributed by atoms with E-state index in [0.717, 1.165) is 0 Å². The van der Waals surface area contributed by atoms with Gasteiger partial charge in [-0.05, 0) is 6.42 Å². The van der Waals surface area contributed by atoms with Crippen molar-refractivity contribution >= 4 is 5.91 Å². The van der Waals surface area contributed by atoms with Gasteiger partial charge in [0.05, 0.1) is 6.10 Å². The smallest absolute Gasteiger partial charge is 0.225 e. The van der Waals surface area contributed by atoms with Gasteiger partial charge in [0.1, 0.15) is 0 Å². The zero-order valence-corrected chi connectivity index (χ0v) is 8.35. The molecule has 0 saturated carbocycles. The van der Waals surface area contributed by atoms with E-state index in [9.17, 15) is 4.79 Å². The Kier molecular flexibility index (Phi) is 4.24. The van der Waals surface area contributed by atoms with E-state index >= 15 is 0 Å². The van der Waals surface area contributed by atoms with Crippen molar-refractivity contribution in [2.75, 3.05) is 6.54 Å². The molecule has 0 bridgehead atoms. The topological polar surface area (TPSA) is 49.3 Å². The third-order valence-corrected chi connectivity index (χ3v) is 1.65. The molecule has 0 aromatic heterocycles. The molecular weight excluding hydrogens is 154 g/mol. The summed E-state index contributed by atoms with van der Waals surface area (Å²) >= 11 is 0. The van der Waals surface area contributed by atoms with Gasteiger partial charge in [0, 0.05) is 12.0 Å². The number of amides is 1. The Morgan fingerprint density at radius 2 is 2.00 bits per heavy atom. The molecule has 1 unspecified atom stereocenters. The van der Waals surface area contributed by atoms with Crippen LogP contribution in [0.3, 0.4) is 0 Å². The van der Waals surface area contributed by atoms with Gasteiger partial charge in [0.15, 0.2) is 0 Å². The van der Waals surface area contributed by atoms with Crippen molar-refractivity contribution in [1.82, 2.24) is 5.32 Å². The van der Waals surface area contributed by atoms with Gasteiger partial charge in [0.2, 0.25) is 5.91 Å². The molecule has 1 amide bonds. The maximum Gasteiger partial charge on any atom is 0.225 e. The van der Waals surface area contributed by atoms with Crippen molar-refractivity contribution in [3.05, 3.63) is 0 Å². The van der Waals surface area contributed by atoms with Crippen molar-refractivity contribution in [2.45, 2.75) is 40.2 Å². The molecule has 0 heterocycles. The lowest BCUT2D eigenvalue weighted by molar-refractivity contribution is -0.128. The molecule has 0 aromatic rings. The molecule has 0 aliphatic rings. The highest BCUT2D eigenvalue weighted by Gasteiger charge is 2.20. The van der Waals surface area contributed by atoms with Gasteiger partial charge in [-0.25, -0.2) is 0 Å². The molecule has 1 atom stereocenters. The predicted octanol–water partition coefficient (Wildman–Crippen LogP) is 0.920. The van der Waals surface area contributed by atoms with E-state index in [1.807, 2.05) is 27.7 Å².